The van der Waals surface area contributed by atoms with Gasteiger partial charge in [0.05, 0.1) is 5.69 Å². The van der Waals surface area contributed by atoms with Gasteiger partial charge in [-0.25, -0.2) is 9.97 Å². The molecule has 2 aliphatic rings. The Morgan fingerprint density at radius 2 is 2.07 bits per heavy atom. The number of rotatable bonds is 4. The standard InChI is InChI=1S/C12H16N2O/c1-2-10-11(8-3-4-8)13-7-14-12(10)15-9-5-6-9/h7-9H,2-6H2,1H3. The molecule has 2 aliphatic carbocycles. The maximum absolute atomic E-state index is 5.81. The Morgan fingerprint density at radius 3 is 2.67 bits per heavy atom. The van der Waals surface area contributed by atoms with Crippen molar-refractivity contribution < 1.29 is 4.74 Å². The molecule has 3 nitrogen and oxygen atoms in total. The van der Waals surface area contributed by atoms with Crippen LogP contribution in [0, 0.1) is 0 Å². The molecule has 0 atom stereocenters. The average molecular weight is 204 g/mol. The lowest BCUT2D eigenvalue weighted by atomic mass is 10.1. The number of aromatic nitrogens is 2. The lowest BCUT2D eigenvalue weighted by molar-refractivity contribution is 0.286. The van der Waals surface area contributed by atoms with Crippen molar-refractivity contribution in [2.75, 3.05) is 0 Å². The molecule has 3 rings (SSSR count). The second-order valence-electron chi connectivity index (χ2n) is 4.49. The summed E-state index contributed by atoms with van der Waals surface area (Å²) in [5.41, 5.74) is 2.48. The molecule has 2 saturated carbocycles. The predicted molar refractivity (Wildman–Crippen MR) is 57.0 cm³/mol. The first-order valence-corrected chi connectivity index (χ1v) is 5.89. The van der Waals surface area contributed by atoms with Gasteiger partial charge in [0.25, 0.3) is 0 Å². The van der Waals surface area contributed by atoms with Crippen molar-refractivity contribution >= 4 is 0 Å². The Kier molecular flexibility index (Phi) is 2.11. The van der Waals surface area contributed by atoms with E-state index in [0.717, 1.165) is 12.3 Å². The van der Waals surface area contributed by atoms with Crippen LogP contribution in [0.2, 0.25) is 0 Å². The van der Waals surface area contributed by atoms with Gasteiger partial charge in [-0.2, -0.15) is 0 Å². The van der Waals surface area contributed by atoms with Crippen molar-refractivity contribution in [3.05, 3.63) is 17.6 Å². The van der Waals surface area contributed by atoms with Crippen LogP contribution >= 0.6 is 0 Å². The number of hydrogen-bond donors (Lipinski definition) is 0. The van der Waals surface area contributed by atoms with Crippen LogP contribution in [0.3, 0.4) is 0 Å². The Morgan fingerprint density at radius 1 is 1.27 bits per heavy atom. The fraction of sp³-hybridized carbons (Fsp3) is 0.667. The van der Waals surface area contributed by atoms with E-state index in [2.05, 4.69) is 16.9 Å². The van der Waals surface area contributed by atoms with Crippen LogP contribution in [0.15, 0.2) is 6.33 Å². The third-order valence-electron chi connectivity index (χ3n) is 3.06. The maximum Gasteiger partial charge on any atom is 0.220 e. The second kappa shape index (κ2) is 3.47. The van der Waals surface area contributed by atoms with E-state index in [1.165, 1.54) is 36.9 Å². The van der Waals surface area contributed by atoms with Crippen molar-refractivity contribution in [1.29, 1.82) is 0 Å². The molecule has 2 fully saturated rings. The normalized spacial score (nSPS) is 20.3. The Bertz CT molecular complexity index is 370. The minimum absolute atomic E-state index is 0.428. The van der Waals surface area contributed by atoms with Crippen molar-refractivity contribution in [1.82, 2.24) is 9.97 Å². The molecule has 0 saturated heterocycles. The maximum atomic E-state index is 5.81. The average Bonchev–Trinajstić information content (AvgIpc) is 3.11. The predicted octanol–water partition coefficient (Wildman–Crippen LogP) is 2.46. The van der Waals surface area contributed by atoms with Crippen LogP contribution in [0.1, 0.15) is 49.8 Å². The van der Waals surface area contributed by atoms with Crippen LogP contribution in [-0.2, 0) is 6.42 Å². The molecule has 3 heteroatoms. The van der Waals surface area contributed by atoms with E-state index in [-0.39, 0.29) is 0 Å². The van der Waals surface area contributed by atoms with E-state index in [4.69, 9.17) is 4.74 Å². The molecular formula is C12H16N2O. The molecule has 0 radical (unpaired) electrons. The van der Waals surface area contributed by atoms with E-state index >= 15 is 0 Å². The summed E-state index contributed by atoms with van der Waals surface area (Å²) in [5.74, 6) is 1.53. The number of nitrogens with zero attached hydrogens (tertiary/aromatic N) is 2. The van der Waals surface area contributed by atoms with Crippen LogP contribution in [0.4, 0.5) is 0 Å². The molecule has 0 bridgehead atoms. The SMILES string of the molecule is CCc1c(OC2CC2)ncnc1C1CC1. The van der Waals surface area contributed by atoms with Gasteiger partial charge in [-0.3, -0.25) is 0 Å². The smallest absolute Gasteiger partial charge is 0.220 e. The summed E-state index contributed by atoms with van der Waals surface area (Å²) in [7, 11) is 0. The van der Waals surface area contributed by atoms with Crippen molar-refractivity contribution in [2.24, 2.45) is 0 Å². The van der Waals surface area contributed by atoms with Gasteiger partial charge in [-0.05, 0) is 32.1 Å². The molecular weight excluding hydrogens is 188 g/mol. The largest absolute Gasteiger partial charge is 0.474 e. The van der Waals surface area contributed by atoms with Crippen molar-refractivity contribution in [3.8, 4) is 5.88 Å². The Hall–Kier alpha value is -1.12. The summed E-state index contributed by atoms with van der Waals surface area (Å²) in [6.45, 7) is 2.16. The number of ether oxygens (including phenoxy) is 1. The monoisotopic (exact) mass is 204 g/mol. The van der Waals surface area contributed by atoms with Gasteiger partial charge in [0.1, 0.15) is 12.4 Å². The molecule has 80 valence electrons. The molecule has 0 N–H and O–H groups in total. The molecule has 0 spiro atoms. The highest BCUT2D eigenvalue weighted by molar-refractivity contribution is 5.34. The van der Waals surface area contributed by atoms with Gasteiger partial charge < -0.3 is 4.74 Å². The summed E-state index contributed by atoms with van der Waals surface area (Å²) >= 11 is 0. The fourth-order valence-electron chi connectivity index (χ4n) is 1.90. The van der Waals surface area contributed by atoms with Crippen LogP contribution in [0.5, 0.6) is 5.88 Å². The van der Waals surface area contributed by atoms with E-state index in [0.29, 0.717) is 12.0 Å². The van der Waals surface area contributed by atoms with Gasteiger partial charge in [-0.1, -0.05) is 6.92 Å². The molecule has 0 aromatic carbocycles. The number of hydrogen-bond acceptors (Lipinski definition) is 3. The van der Waals surface area contributed by atoms with Crippen LogP contribution < -0.4 is 4.74 Å². The highest BCUT2D eigenvalue weighted by Gasteiger charge is 2.31. The zero-order chi connectivity index (χ0) is 10.3. The van der Waals surface area contributed by atoms with Gasteiger partial charge in [0.15, 0.2) is 0 Å². The van der Waals surface area contributed by atoms with Gasteiger partial charge >= 0.3 is 0 Å². The minimum atomic E-state index is 0.428. The minimum Gasteiger partial charge on any atom is -0.474 e. The zero-order valence-corrected chi connectivity index (χ0v) is 9.07. The molecule has 0 amide bonds. The van der Waals surface area contributed by atoms with Crippen molar-refractivity contribution in [2.45, 2.75) is 51.0 Å². The van der Waals surface area contributed by atoms with Gasteiger partial charge in [0.2, 0.25) is 5.88 Å². The summed E-state index contributed by atoms with van der Waals surface area (Å²) < 4.78 is 5.81. The highest BCUT2D eigenvalue weighted by atomic mass is 16.5. The first kappa shape index (κ1) is 9.13. The highest BCUT2D eigenvalue weighted by Crippen LogP contribution is 2.42. The summed E-state index contributed by atoms with van der Waals surface area (Å²) in [4.78, 5) is 8.68. The van der Waals surface area contributed by atoms with Crippen LogP contribution in [-0.4, -0.2) is 16.1 Å². The fourth-order valence-corrected chi connectivity index (χ4v) is 1.90. The van der Waals surface area contributed by atoms with E-state index < -0.39 is 0 Å². The van der Waals surface area contributed by atoms with E-state index in [1.807, 2.05) is 0 Å². The Labute approximate surface area is 89.9 Å². The molecule has 1 heterocycles. The third kappa shape index (κ3) is 1.83. The molecule has 0 unspecified atom stereocenters. The summed E-state index contributed by atoms with van der Waals surface area (Å²) in [6.07, 6.45) is 8.01. The first-order valence-electron chi connectivity index (χ1n) is 5.89. The first-order chi connectivity index (χ1) is 7.38. The third-order valence-corrected chi connectivity index (χ3v) is 3.06. The van der Waals surface area contributed by atoms with E-state index in [9.17, 15) is 0 Å². The van der Waals surface area contributed by atoms with Gasteiger partial charge in [0, 0.05) is 11.5 Å². The lowest BCUT2D eigenvalue weighted by Gasteiger charge is -2.11. The topological polar surface area (TPSA) is 35.0 Å². The molecule has 1 aromatic heterocycles. The zero-order valence-electron chi connectivity index (χ0n) is 9.07. The van der Waals surface area contributed by atoms with E-state index in [1.54, 1.807) is 6.33 Å². The van der Waals surface area contributed by atoms with Crippen molar-refractivity contribution in [3.63, 3.8) is 0 Å². The lowest BCUT2D eigenvalue weighted by Crippen LogP contribution is -2.05. The molecule has 1 aromatic rings. The molecule has 15 heavy (non-hydrogen) atoms. The quantitative estimate of drug-likeness (QED) is 0.755. The summed E-state index contributed by atoms with van der Waals surface area (Å²) in [5, 5.41) is 0. The second-order valence-corrected chi connectivity index (χ2v) is 4.49. The van der Waals surface area contributed by atoms with Gasteiger partial charge in [-0.15, -0.1) is 0 Å². The molecule has 0 aliphatic heterocycles. The van der Waals surface area contributed by atoms with Crippen LogP contribution in [0.25, 0.3) is 0 Å². The summed E-state index contributed by atoms with van der Waals surface area (Å²) in [6, 6.07) is 0. The Balaban J connectivity index is 1.92.